The zero-order valence-electron chi connectivity index (χ0n) is 10.1. The highest BCUT2D eigenvalue weighted by atomic mass is 16.5. The van der Waals surface area contributed by atoms with E-state index in [2.05, 4.69) is 0 Å². The number of rotatable bonds is 4. The van der Waals surface area contributed by atoms with Crippen LogP contribution in [0, 0.1) is 0 Å². The lowest BCUT2D eigenvalue weighted by Gasteiger charge is -2.12. The fourth-order valence-corrected chi connectivity index (χ4v) is 1.92. The minimum Gasteiger partial charge on any atom is -0.495 e. The Morgan fingerprint density at radius 1 is 1.39 bits per heavy atom. The number of para-hydroxylation sites is 1. The Hall–Kier alpha value is -2.30. The van der Waals surface area contributed by atoms with Gasteiger partial charge in [0.05, 0.1) is 12.6 Å². The van der Waals surface area contributed by atoms with Gasteiger partial charge in [-0.05, 0) is 12.1 Å². The third-order valence-electron chi connectivity index (χ3n) is 2.78. The molecule has 2 rings (SSSR count). The predicted octanol–water partition coefficient (Wildman–Crippen LogP) is 0.885. The van der Waals surface area contributed by atoms with Crippen molar-refractivity contribution in [3.8, 4) is 5.75 Å². The average molecular weight is 246 g/mol. The molecule has 0 aliphatic heterocycles. The maximum Gasteiger partial charge on any atom is 0.219 e. The van der Waals surface area contributed by atoms with Gasteiger partial charge in [-0.1, -0.05) is 6.07 Å². The zero-order chi connectivity index (χ0) is 13.1. The molecule has 0 saturated heterocycles. The van der Waals surface area contributed by atoms with Crippen molar-refractivity contribution in [3.63, 3.8) is 0 Å². The molecule has 2 aromatic rings. The Kier molecular flexibility index (Phi) is 3.32. The highest BCUT2D eigenvalue weighted by molar-refractivity contribution is 5.85. The van der Waals surface area contributed by atoms with E-state index < -0.39 is 0 Å². The minimum absolute atomic E-state index is 0.0702. The van der Waals surface area contributed by atoms with Crippen LogP contribution in [0.25, 0.3) is 10.9 Å². The van der Waals surface area contributed by atoms with Gasteiger partial charge in [0.15, 0.2) is 5.43 Å². The predicted molar refractivity (Wildman–Crippen MR) is 68.6 cm³/mol. The third kappa shape index (κ3) is 2.20. The first-order chi connectivity index (χ1) is 8.63. The number of hydrogen-bond donors (Lipinski definition) is 1. The summed E-state index contributed by atoms with van der Waals surface area (Å²) < 4.78 is 7.06. The summed E-state index contributed by atoms with van der Waals surface area (Å²) in [5.41, 5.74) is 5.76. The molecule has 0 radical (unpaired) electrons. The Morgan fingerprint density at radius 2 is 2.17 bits per heavy atom. The number of fused-ring (bicyclic) bond motifs is 1. The SMILES string of the molecule is COc1cccc2c(=O)ccn(CCC(N)=O)c12. The Bertz CT molecular complexity index is 646. The van der Waals surface area contributed by atoms with Crippen molar-refractivity contribution in [3.05, 3.63) is 40.7 Å². The lowest BCUT2D eigenvalue weighted by molar-refractivity contribution is -0.118. The monoisotopic (exact) mass is 246 g/mol. The van der Waals surface area contributed by atoms with E-state index >= 15 is 0 Å². The van der Waals surface area contributed by atoms with E-state index in [0.29, 0.717) is 23.2 Å². The third-order valence-corrected chi connectivity index (χ3v) is 2.78. The summed E-state index contributed by atoms with van der Waals surface area (Å²) in [6.45, 7) is 0.423. The molecule has 94 valence electrons. The molecule has 1 amide bonds. The molecule has 0 fully saturated rings. The van der Waals surface area contributed by atoms with E-state index in [1.165, 1.54) is 6.07 Å². The van der Waals surface area contributed by atoms with Gasteiger partial charge >= 0.3 is 0 Å². The first kappa shape index (κ1) is 12.2. The number of primary amides is 1. The second kappa shape index (κ2) is 4.91. The van der Waals surface area contributed by atoms with Gasteiger partial charge in [-0.3, -0.25) is 9.59 Å². The second-order valence-corrected chi connectivity index (χ2v) is 3.95. The van der Waals surface area contributed by atoms with E-state index in [4.69, 9.17) is 10.5 Å². The van der Waals surface area contributed by atoms with Crippen molar-refractivity contribution < 1.29 is 9.53 Å². The van der Waals surface area contributed by atoms with E-state index in [1.54, 1.807) is 36.1 Å². The maximum atomic E-state index is 11.8. The van der Waals surface area contributed by atoms with E-state index in [1.807, 2.05) is 0 Å². The van der Waals surface area contributed by atoms with Crippen LogP contribution in [-0.4, -0.2) is 17.6 Å². The van der Waals surface area contributed by atoms with Gasteiger partial charge in [-0.2, -0.15) is 0 Å². The number of hydrogen-bond acceptors (Lipinski definition) is 3. The highest BCUT2D eigenvalue weighted by Crippen LogP contribution is 2.23. The van der Waals surface area contributed by atoms with Gasteiger partial charge in [-0.15, -0.1) is 0 Å². The Morgan fingerprint density at radius 3 is 2.83 bits per heavy atom. The quantitative estimate of drug-likeness (QED) is 0.870. The molecule has 5 heteroatoms. The topological polar surface area (TPSA) is 74.3 Å². The number of benzene rings is 1. The van der Waals surface area contributed by atoms with E-state index in [-0.39, 0.29) is 17.8 Å². The summed E-state index contributed by atoms with van der Waals surface area (Å²) in [5, 5.41) is 0.571. The fourth-order valence-electron chi connectivity index (χ4n) is 1.92. The van der Waals surface area contributed by atoms with Gasteiger partial charge in [-0.25, -0.2) is 0 Å². The number of amides is 1. The van der Waals surface area contributed by atoms with Crippen LogP contribution in [0.2, 0.25) is 0 Å². The Labute approximate surface area is 104 Å². The van der Waals surface area contributed by atoms with Gasteiger partial charge < -0.3 is 15.0 Å². The standard InChI is InChI=1S/C13H14N2O3/c1-18-11-4-2-3-9-10(16)5-7-15(13(9)11)8-6-12(14)17/h2-5,7H,6,8H2,1H3,(H2,14,17). The molecular formula is C13H14N2O3. The van der Waals surface area contributed by atoms with Crippen molar-refractivity contribution >= 4 is 16.8 Å². The number of aromatic nitrogens is 1. The van der Waals surface area contributed by atoms with Gasteiger partial charge in [0.25, 0.3) is 0 Å². The molecule has 0 aliphatic rings. The van der Waals surface area contributed by atoms with E-state index in [9.17, 15) is 9.59 Å². The number of ether oxygens (including phenoxy) is 1. The van der Waals surface area contributed by atoms with Crippen LogP contribution in [0.1, 0.15) is 6.42 Å². The van der Waals surface area contributed by atoms with E-state index in [0.717, 1.165) is 0 Å². The summed E-state index contributed by atoms with van der Waals surface area (Å²) in [4.78, 5) is 22.6. The number of methoxy groups -OCH3 is 1. The smallest absolute Gasteiger partial charge is 0.219 e. The average Bonchev–Trinajstić information content (AvgIpc) is 2.37. The minimum atomic E-state index is -0.378. The summed E-state index contributed by atoms with van der Waals surface area (Å²) >= 11 is 0. The highest BCUT2D eigenvalue weighted by Gasteiger charge is 2.08. The van der Waals surface area contributed by atoms with Crippen LogP contribution in [0.15, 0.2) is 35.3 Å². The maximum absolute atomic E-state index is 11.8. The molecule has 1 heterocycles. The Balaban J connectivity index is 2.62. The van der Waals surface area contributed by atoms with Crippen molar-refractivity contribution in [1.29, 1.82) is 0 Å². The number of carbonyl (C=O) groups is 1. The molecule has 0 bridgehead atoms. The zero-order valence-corrected chi connectivity index (χ0v) is 10.1. The van der Waals surface area contributed by atoms with Crippen LogP contribution in [-0.2, 0) is 11.3 Å². The number of nitrogens with two attached hydrogens (primary N) is 1. The normalized spacial score (nSPS) is 10.5. The summed E-state index contributed by atoms with van der Waals surface area (Å²) in [5.74, 6) is 0.228. The first-order valence-corrected chi connectivity index (χ1v) is 5.58. The van der Waals surface area contributed by atoms with Crippen molar-refractivity contribution in [2.75, 3.05) is 7.11 Å². The molecule has 2 N–H and O–H groups in total. The molecule has 0 unspecified atom stereocenters. The fraction of sp³-hybridized carbons (Fsp3) is 0.231. The molecule has 0 aliphatic carbocycles. The first-order valence-electron chi connectivity index (χ1n) is 5.58. The van der Waals surface area contributed by atoms with Crippen LogP contribution >= 0.6 is 0 Å². The van der Waals surface area contributed by atoms with Crippen LogP contribution in [0.4, 0.5) is 0 Å². The lowest BCUT2D eigenvalue weighted by Crippen LogP contribution is -2.16. The lowest BCUT2D eigenvalue weighted by atomic mass is 10.2. The van der Waals surface area contributed by atoms with Gasteiger partial charge in [0.1, 0.15) is 5.75 Å². The largest absolute Gasteiger partial charge is 0.495 e. The molecule has 0 saturated carbocycles. The van der Waals surface area contributed by atoms with Gasteiger partial charge in [0.2, 0.25) is 5.91 Å². The summed E-state index contributed by atoms with van der Waals surface area (Å²) in [6.07, 6.45) is 1.87. The summed E-state index contributed by atoms with van der Waals surface area (Å²) in [6, 6.07) is 6.76. The van der Waals surface area contributed by atoms with Gasteiger partial charge in [0, 0.05) is 30.6 Å². The molecular weight excluding hydrogens is 232 g/mol. The van der Waals surface area contributed by atoms with Crippen LogP contribution < -0.4 is 15.9 Å². The molecule has 0 spiro atoms. The number of aryl methyl sites for hydroxylation is 1. The number of nitrogens with zero attached hydrogens (tertiary/aromatic N) is 1. The summed E-state index contributed by atoms with van der Waals surface area (Å²) in [7, 11) is 1.55. The molecule has 18 heavy (non-hydrogen) atoms. The number of pyridine rings is 1. The molecule has 5 nitrogen and oxygen atoms in total. The molecule has 1 aromatic heterocycles. The van der Waals surface area contributed by atoms with Crippen LogP contribution in [0.3, 0.4) is 0 Å². The molecule has 0 atom stereocenters. The number of carbonyl (C=O) groups excluding carboxylic acids is 1. The van der Waals surface area contributed by atoms with Crippen LogP contribution in [0.5, 0.6) is 5.75 Å². The van der Waals surface area contributed by atoms with Crippen molar-refractivity contribution in [2.24, 2.45) is 5.73 Å². The second-order valence-electron chi connectivity index (χ2n) is 3.95. The van der Waals surface area contributed by atoms with Crippen molar-refractivity contribution in [2.45, 2.75) is 13.0 Å². The molecule has 1 aromatic carbocycles. The van der Waals surface area contributed by atoms with Crippen molar-refractivity contribution in [1.82, 2.24) is 4.57 Å².